The predicted octanol–water partition coefficient (Wildman–Crippen LogP) is 0.786. The molecule has 0 aromatic heterocycles. The summed E-state index contributed by atoms with van der Waals surface area (Å²) in [6.45, 7) is -0.0182. The van der Waals surface area contributed by atoms with E-state index >= 15 is 0 Å². The number of nitrogens with one attached hydrogen (secondary N) is 2. The summed E-state index contributed by atoms with van der Waals surface area (Å²) in [6.07, 6.45) is 0.120. The van der Waals surface area contributed by atoms with Gasteiger partial charge in [0.15, 0.2) is 0 Å². The number of aliphatic imine (C=N–C) groups is 1. The molecule has 1 unspecified atom stereocenters. The molecule has 29 heavy (non-hydrogen) atoms. The van der Waals surface area contributed by atoms with Crippen LogP contribution in [-0.2, 0) is 19.6 Å². The Bertz CT molecular complexity index is 1120. The number of anilines is 1. The lowest BCUT2D eigenvalue weighted by Gasteiger charge is -2.17. The van der Waals surface area contributed by atoms with Crippen LogP contribution in [0.25, 0.3) is 0 Å². The number of carbonyl (C=O) groups is 2. The van der Waals surface area contributed by atoms with Gasteiger partial charge in [0.2, 0.25) is 11.8 Å². The van der Waals surface area contributed by atoms with E-state index in [-0.39, 0.29) is 36.1 Å². The van der Waals surface area contributed by atoms with Gasteiger partial charge in [0.25, 0.3) is 10.0 Å². The van der Waals surface area contributed by atoms with Gasteiger partial charge in [-0.25, -0.2) is 12.8 Å². The Morgan fingerprint density at radius 3 is 2.69 bits per heavy atom. The quantitative estimate of drug-likeness (QED) is 0.768. The molecule has 1 atom stereocenters. The Kier molecular flexibility index (Phi) is 4.79. The molecule has 2 aliphatic heterocycles. The van der Waals surface area contributed by atoms with E-state index < -0.39 is 27.8 Å². The smallest absolute Gasteiger partial charge is 0.263 e. The van der Waals surface area contributed by atoms with Gasteiger partial charge in [-0.3, -0.25) is 19.3 Å². The molecule has 2 aromatic carbocycles. The minimum absolute atomic E-state index is 0.117. The molecule has 0 spiro atoms. The highest BCUT2D eigenvalue weighted by Crippen LogP contribution is 2.23. The number of fused-ring (bicyclic) bond motifs is 1. The van der Waals surface area contributed by atoms with Crippen LogP contribution in [0.5, 0.6) is 0 Å². The Morgan fingerprint density at radius 2 is 1.93 bits per heavy atom. The van der Waals surface area contributed by atoms with Crippen LogP contribution in [0, 0.1) is 5.82 Å². The molecule has 10 heteroatoms. The summed E-state index contributed by atoms with van der Waals surface area (Å²) in [5.41, 5.74) is 0.976. The van der Waals surface area contributed by atoms with E-state index in [1.165, 1.54) is 35.2 Å². The molecule has 0 saturated carbocycles. The normalized spacial score (nSPS) is 21.1. The van der Waals surface area contributed by atoms with Crippen molar-refractivity contribution in [1.29, 1.82) is 0 Å². The first-order valence-corrected chi connectivity index (χ1v) is 10.3. The van der Waals surface area contributed by atoms with Crippen molar-refractivity contribution in [3.8, 4) is 0 Å². The lowest BCUT2D eigenvalue weighted by Crippen LogP contribution is -2.38. The number of benzene rings is 2. The highest BCUT2D eigenvalue weighted by atomic mass is 32.2. The molecule has 2 aliphatic rings. The molecule has 0 aliphatic carbocycles. The second kappa shape index (κ2) is 7.28. The molecule has 0 radical (unpaired) electrons. The van der Waals surface area contributed by atoms with Crippen LogP contribution in [0.3, 0.4) is 0 Å². The third-order valence-corrected chi connectivity index (χ3v) is 6.07. The average Bonchev–Trinajstić information content (AvgIpc) is 3.18. The maximum absolute atomic E-state index is 13.1. The van der Waals surface area contributed by atoms with E-state index in [0.29, 0.717) is 11.3 Å². The number of amidine groups is 1. The van der Waals surface area contributed by atoms with Crippen LogP contribution in [0.15, 0.2) is 58.4 Å². The van der Waals surface area contributed by atoms with E-state index in [1.807, 2.05) is 0 Å². The average molecular weight is 416 g/mol. The van der Waals surface area contributed by atoms with Crippen LogP contribution in [-0.4, -0.2) is 45.2 Å². The summed E-state index contributed by atoms with van der Waals surface area (Å²) < 4.78 is 39.5. The molecule has 2 amide bonds. The van der Waals surface area contributed by atoms with E-state index in [4.69, 9.17) is 0 Å². The topological polar surface area (TPSA) is 108 Å². The molecule has 2 heterocycles. The maximum atomic E-state index is 13.1. The first kappa shape index (κ1) is 19.1. The first-order valence-electron chi connectivity index (χ1n) is 8.85. The summed E-state index contributed by atoms with van der Waals surface area (Å²) >= 11 is 0. The largest absolute Gasteiger partial charge is 0.349 e. The van der Waals surface area contributed by atoms with Gasteiger partial charge < -0.3 is 10.2 Å². The van der Waals surface area contributed by atoms with Crippen LogP contribution in [0.4, 0.5) is 10.1 Å². The number of amides is 2. The fraction of sp³-hybridized carbons (Fsp3) is 0.211. The molecule has 2 aromatic rings. The van der Waals surface area contributed by atoms with Gasteiger partial charge in [-0.2, -0.15) is 0 Å². The molecular formula is C19H17FN4O4S. The summed E-state index contributed by atoms with van der Waals surface area (Å²) in [6, 6.07) is 11.5. The Balaban J connectivity index is 1.39. The lowest BCUT2D eigenvalue weighted by molar-refractivity contribution is -0.120. The molecule has 0 bridgehead atoms. The van der Waals surface area contributed by atoms with Crippen molar-refractivity contribution in [2.24, 2.45) is 4.99 Å². The highest BCUT2D eigenvalue weighted by Gasteiger charge is 2.32. The number of hydrogen-bond acceptors (Lipinski definition) is 5. The third-order valence-electron chi connectivity index (χ3n) is 4.67. The molecule has 4 rings (SSSR count). The van der Waals surface area contributed by atoms with E-state index in [1.54, 1.807) is 18.2 Å². The van der Waals surface area contributed by atoms with Crippen LogP contribution in [0.1, 0.15) is 12.0 Å². The van der Waals surface area contributed by atoms with Gasteiger partial charge in [0.05, 0.1) is 10.9 Å². The Labute approximate surface area is 166 Å². The summed E-state index contributed by atoms with van der Waals surface area (Å²) in [5.74, 6) is -0.884. The standard InChI is InChI=1S/C19H17FN4O4S/c20-12-5-7-14(8-6-12)24-11-13(9-18(24)26)22-17(25)10-21-19-15-3-1-2-4-16(15)29(27,28)23-19/h1-8,13H,9-11H2,(H,21,23)(H,22,25). The molecule has 2 N–H and O–H groups in total. The Hall–Kier alpha value is -3.27. The molecular weight excluding hydrogens is 399 g/mol. The summed E-state index contributed by atoms with van der Waals surface area (Å²) in [7, 11) is -3.66. The SMILES string of the molecule is O=C(CN=C1NS(=O)(=O)c2ccccc21)NC1CC(=O)N(c2ccc(F)cc2)C1. The minimum atomic E-state index is -3.66. The number of halogens is 1. The van der Waals surface area contributed by atoms with Crippen LogP contribution < -0.4 is 14.9 Å². The van der Waals surface area contributed by atoms with Crippen molar-refractivity contribution in [2.45, 2.75) is 17.4 Å². The van der Waals surface area contributed by atoms with E-state index in [2.05, 4.69) is 15.0 Å². The fourth-order valence-electron chi connectivity index (χ4n) is 3.35. The highest BCUT2D eigenvalue weighted by molar-refractivity contribution is 7.90. The van der Waals surface area contributed by atoms with Crippen molar-refractivity contribution in [1.82, 2.24) is 10.0 Å². The number of nitrogens with zero attached hydrogens (tertiary/aromatic N) is 2. The number of carbonyl (C=O) groups excluding carboxylic acids is 2. The first-order chi connectivity index (χ1) is 13.8. The molecule has 150 valence electrons. The lowest BCUT2D eigenvalue weighted by atomic mass is 10.2. The minimum Gasteiger partial charge on any atom is -0.349 e. The molecule has 1 fully saturated rings. The van der Waals surface area contributed by atoms with Crippen LogP contribution in [0.2, 0.25) is 0 Å². The van der Waals surface area contributed by atoms with E-state index in [0.717, 1.165) is 0 Å². The summed E-state index contributed by atoms with van der Waals surface area (Å²) in [5, 5.41) is 2.73. The summed E-state index contributed by atoms with van der Waals surface area (Å²) in [4.78, 5) is 30.1. The van der Waals surface area contributed by atoms with Crippen molar-refractivity contribution in [3.63, 3.8) is 0 Å². The zero-order chi connectivity index (χ0) is 20.6. The van der Waals surface area contributed by atoms with Crippen LogP contribution >= 0.6 is 0 Å². The van der Waals surface area contributed by atoms with Crippen molar-refractivity contribution in [3.05, 3.63) is 59.9 Å². The number of sulfonamides is 1. The zero-order valence-corrected chi connectivity index (χ0v) is 15.9. The monoisotopic (exact) mass is 416 g/mol. The second-order valence-corrected chi connectivity index (χ2v) is 8.37. The van der Waals surface area contributed by atoms with Crippen molar-refractivity contribution >= 4 is 33.4 Å². The van der Waals surface area contributed by atoms with Gasteiger partial charge in [0, 0.05) is 24.2 Å². The molecule has 8 nitrogen and oxygen atoms in total. The second-order valence-electron chi connectivity index (χ2n) is 6.72. The number of rotatable bonds is 4. The van der Waals surface area contributed by atoms with Gasteiger partial charge in [-0.1, -0.05) is 12.1 Å². The Morgan fingerprint density at radius 1 is 1.21 bits per heavy atom. The van der Waals surface area contributed by atoms with Gasteiger partial charge >= 0.3 is 0 Å². The van der Waals surface area contributed by atoms with Gasteiger partial charge in [-0.15, -0.1) is 0 Å². The van der Waals surface area contributed by atoms with Crippen molar-refractivity contribution in [2.75, 3.05) is 18.0 Å². The number of hydrogen-bond donors (Lipinski definition) is 2. The maximum Gasteiger partial charge on any atom is 0.263 e. The van der Waals surface area contributed by atoms with E-state index in [9.17, 15) is 22.4 Å². The molecule has 1 saturated heterocycles. The zero-order valence-electron chi connectivity index (χ0n) is 15.1. The fourth-order valence-corrected chi connectivity index (χ4v) is 4.60. The van der Waals surface area contributed by atoms with Crippen molar-refractivity contribution < 1.29 is 22.4 Å². The van der Waals surface area contributed by atoms with Gasteiger partial charge in [0.1, 0.15) is 18.2 Å². The predicted molar refractivity (Wildman–Crippen MR) is 103 cm³/mol. The van der Waals surface area contributed by atoms with Gasteiger partial charge in [-0.05, 0) is 36.4 Å². The third kappa shape index (κ3) is 3.83.